The van der Waals surface area contributed by atoms with Crippen LogP contribution in [0.25, 0.3) is 21.7 Å². The highest BCUT2D eigenvalue weighted by molar-refractivity contribution is 6.33. The van der Waals surface area contributed by atoms with E-state index in [0.29, 0.717) is 45.9 Å². The van der Waals surface area contributed by atoms with Gasteiger partial charge in [-0.3, -0.25) is 9.88 Å². The van der Waals surface area contributed by atoms with Crippen LogP contribution in [0.15, 0.2) is 42.6 Å². The minimum absolute atomic E-state index is 0.0367. The third kappa shape index (κ3) is 5.64. The molecule has 1 fully saturated rings. The van der Waals surface area contributed by atoms with Crippen LogP contribution in [0.1, 0.15) is 5.56 Å². The Kier molecular flexibility index (Phi) is 7.89. The second-order valence-electron chi connectivity index (χ2n) is 9.46. The van der Waals surface area contributed by atoms with Gasteiger partial charge in [-0.25, -0.2) is 4.39 Å². The summed E-state index contributed by atoms with van der Waals surface area (Å²) in [4.78, 5) is 9.21. The molecule has 8 nitrogen and oxygen atoms in total. The zero-order valence-corrected chi connectivity index (χ0v) is 22.8. The van der Waals surface area contributed by atoms with Crippen molar-refractivity contribution in [3.8, 4) is 23.3 Å². The van der Waals surface area contributed by atoms with Crippen molar-refractivity contribution >= 4 is 44.7 Å². The Morgan fingerprint density at radius 1 is 1.00 bits per heavy atom. The van der Waals surface area contributed by atoms with Gasteiger partial charge in [-0.2, -0.15) is 5.26 Å². The zero-order valence-electron chi connectivity index (χ0n) is 22.1. The van der Waals surface area contributed by atoms with Crippen LogP contribution in [-0.4, -0.2) is 75.4 Å². The van der Waals surface area contributed by atoms with E-state index in [-0.39, 0.29) is 10.8 Å². The summed E-state index contributed by atoms with van der Waals surface area (Å²) in [5.74, 6) is 0.740. The Hall–Kier alpha value is -3.84. The topological polar surface area (TPSA) is 82.9 Å². The van der Waals surface area contributed by atoms with Crippen molar-refractivity contribution < 1.29 is 18.6 Å². The van der Waals surface area contributed by atoms with Crippen LogP contribution < -0.4 is 19.5 Å². The van der Waals surface area contributed by atoms with Crippen LogP contribution in [0.4, 0.5) is 15.8 Å². The zero-order chi connectivity index (χ0) is 27.5. The van der Waals surface area contributed by atoms with Crippen LogP contribution in [0.2, 0.25) is 5.02 Å². The Balaban J connectivity index is 1.50. The largest absolute Gasteiger partial charge is 0.494 e. The number of nitrogens with zero attached hydrogens (tertiary/aromatic N) is 4. The lowest BCUT2D eigenvalue weighted by atomic mass is 10.0. The molecule has 0 bridgehead atoms. The normalized spacial score (nSPS) is 14.4. The highest BCUT2D eigenvalue weighted by atomic mass is 35.5. The van der Waals surface area contributed by atoms with E-state index in [1.165, 1.54) is 25.4 Å². The highest BCUT2D eigenvalue weighted by Crippen LogP contribution is 2.39. The highest BCUT2D eigenvalue weighted by Gasteiger charge is 2.17. The molecule has 0 aliphatic carbocycles. The van der Waals surface area contributed by atoms with Gasteiger partial charge in [0.05, 0.1) is 41.7 Å². The molecule has 1 aromatic heterocycles. The molecule has 1 N–H and O–H groups in total. The summed E-state index contributed by atoms with van der Waals surface area (Å²) in [7, 11) is 5.14. The van der Waals surface area contributed by atoms with E-state index in [2.05, 4.69) is 33.2 Å². The minimum atomic E-state index is -0.576. The van der Waals surface area contributed by atoms with E-state index in [0.717, 1.165) is 43.5 Å². The number of rotatable bonds is 8. The molecule has 1 aliphatic heterocycles. The van der Waals surface area contributed by atoms with Gasteiger partial charge in [-0.15, -0.1) is 0 Å². The van der Waals surface area contributed by atoms with Crippen molar-refractivity contribution in [2.75, 3.05) is 65.9 Å². The second kappa shape index (κ2) is 11.5. The number of methoxy groups -OCH3 is 2. The first-order valence-electron chi connectivity index (χ1n) is 12.6. The number of hydrogen-bond acceptors (Lipinski definition) is 8. The number of fused-ring (bicyclic) bond motifs is 2. The predicted molar refractivity (Wildman–Crippen MR) is 151 cm³/mol. The molecule has 0 atom stereocenters. The third-order valence-electron chi connectivity index (χ3n) is 6.99. The van der Waals surface area contributed by atoms with Crippen LogP contribution in [-0.2, 0) is 0 Å². The van der Waals surface area contributed by atoms with Gasteiger partial charge in [0.1, 0.15) is 12.7 Å². The first-order valence-corrected chi connectivity index (χ1v) is 13.0. The van der Waals surface area contributed by atoms with E-state index < -0.39 is 5.82 Å². The number of benzene rings is 3. The molecule has 39 heavy (non-hydrogen) atoms. The Morgan fingerprint density at radius 2 is 1.72 bits per heavy atom. The van der Waals surface area contributed by atoms with Crippen LogP contribution in [0.3, 0.4) is 0 Å². The lowest BCUT2D eigenvalue weighted by Gasteiger charge is -2.32. The number of piperazine rings is 1. The van der Waals surface area contributed by atoms with E-state index >= 15 is 0 Å². The fourth-order valence-electron chi connectivity index (χ4n) is 4.71. The van der Waals surface area contributed by atoms with Crippen LogP contribution in [0.5, 0.6) is 17.2 Å². The number of nitriles is 1. The summed E-state index contributed by atoms with van der Waals surface area (Å²) in [6.07, 6.45) is 1.50. The SMILES string of the molecule is COc1cc(Nc2c(C#N)cnc3cc4cc(OC)c(OCCN5CCN(C)CC5)cc4cc23)c(Cl)cc1F. The van der Waals surface area contributed by atoms with E-state index in [1.807, 2.05) is 24.3 Å². The van der Waals surface area contributed by atoms with Crippen LogP contribution >= 0.6 is 11.6 Å². The summed E-state index contributed by atoms with van der Waals surface area (Å²) in [5.41, 5.74) is 1.90. The minimum Gasteiger partial charge on any atom is -0.494 e. The van der Waals surface area contributed by atoms with E-state index in [1.54, 1.807) is 7.11 Å². The molecule has 1 saturated heterocycles. The van der Waals surface area contributed by atoms with Gasteiger partial charge in [0, 0.05) is 50.4 Å². The van der Waals surface area contributed by atoms with Crippen molar-refractivity contribution in [2.24, 2.45) is 0 Å². The number of hydrogen-bond donors (Lipinski definition) is 1. The van der Waals surface area contributed by atoms with Gasteiger partial charge in [-0.05, 0) is 48.2 Å². The molecule has 202 valence electrons. The maximum absolute atomic E-state index is 14.1. The quantitative estimate of drug-likeness (QED) is 0.291. The number of aromatic nitrogens is 1. The number of likely N-dealkylation sites (N-methyl/N-ethyl adjacent to an activating group) is 1. The molecule has 10 heteroatoms. The summed E-state index contributed by atoms with van der Waals surface area (Å²) in [6.45, 7) is 5.52. The standard InChI is InChI=1S/C29H29ClFN5O3/c1-35-4-6-36(7-5-35)8-9-39-28-13-18-10-21-24(11-19(18)12-27(28)38-3)33-17-20(16-32)29(21)34-25-15-26(37-2)23(31)14-22(25)30/h10-15,17H,4-9H2,1-3H3,(H,33,34). The summed E-state index contributed by atoms with van der Waals surface area (Å²) in [6, 6.07) is 12.6. The number of anilines is 2. The number of halogens is 2. The van der Waals surface area contributed by atoms with Gasteiger partial charge in [-0.1, -0.05) is 11.6 Å². The molecule has 0 spiro atoms. The number of nitrogens with one attached hydrogen (secondary N) is 1. The molecule has 0 saturated carbocycles. The molecule has 0 amide bonds. The van der Waals surface area contributed by atoms with E-state index in [4.69, 9.17) is 25.8 Å². The number of pyridine rings is 1. The molecule has 2 heterocycles. The smallest absolute Gasteiger partial charge is 0.166 e. The Morgan fingerprint density at radius 3 is 2.44 bits per heavy atom. The Labute approximate surface area is 231 Å². The fraction of sp³-hybridized carbons (Fsp3) is 0.310. The molecular formula is C29H29ClFN5O3. The molecule has 1 aliphatic rings. The molecule has 0 radical (unpaired) electrons. The lowest BCUT2D eigenvalue weighted by Crippen LogP contribution is -2.45. The van der Waals surface area contributed by atoms with Crippen molar-refractivity contribution in [1.29, 1.82) is 5.26 Å². The first-order chi connectivity index (χ1) is 18.9. The van der Waals surface area contributed by atoms with Crippen molar-refractivity contribution in [3.63, 3.8) is 0 Å². The van der Waals surface area contributed by atoms with Gasteiger partial charge < -0.3 is 24.4 Å². The van der Waals surface area contributed by atoms with Gasteiger partial charge >= 0.3 is 0 Å². The van der Waals surface area contributed by atoms with Crippen LogP contribution in [0, 0.1) is 17.1 Å². The second-order valence-corrected chi connectivity index (χ2v) is 9.87. The summed E-state index contributed by atoms with van der Waals surface area (Å²) in [5, 5.41) is 15.7. The van der Waals surface area contributed by atoms with Gasteiger partial charge in [0.15, 0.2) is 23.1 Å². The molecular weight excluding hydrogens is 521 g/mol. The average Bonchev–Trinajstić information content (AvgIpc) is 2.94. The summed E-state index contributed by atoms with van der Waals surface area (Å²) < 4.78 is 31.0. The van der Waals surface area contributed by atoms with Crippen molar-refractivity contribution in [1.82, 2.24) is 14.8 Å². The van der Waals surface area contributed by atoms with Gasteiger partial charge in [0.2, 0.25) is 0 Å². The van der Waals surface area contributed by atoms with Gasteiger partial charge in [0.25, 0.3) is 0 Å². The van der Waals surface area contributed by atoms with Crippen molar-refractivity contribution in [3.05, 3.63) is 59.0 Å². The molecule has 4 aromatic rings. The monoisotopic (exact) mass is 549 g/mol. The van der Waals surface area contributed by atoms with Crippen molar-refractivity contribution in [2.45, 2.75) is 0 Å². The Bertz CT molecular complexity index is 1570. The predicted octanol–water partition coefficient (Wildman–Crippen LogP) is 5.44. The molecule has 5 rings (SSSR count). The molecule has 0 unspecified atom stereocenters. The maximum Gasteiger partial charge on any atom is 0.166 e. The number of ether oxygens (including phenoxy) is 3. The third-order valence-corrected chi connectivity index (χ3v) is 7.30. The van der Waals surface area contributed by atoms with E-state index in [9.17, 15) is 9.65 Å². The maximum atomic E-state index is 14.1. The fourth-order valence-corrected chi connectivity index (χ4v) is 4.91. The molecule has 3 aromatic carbocycles. The summed E-state index contributed by atoms with van der Waals surface area (Å²) >= 11 is 6.32. The average molecular weight is 550 g/mol. The lowest BCUT2D eigenvalue weighted by molar-refractivity contribution is 0.133. The first kappa shape index (κ1) is 26.8.